The third-order valence-electron chi connectivity index (χ3n) is 5.31. The summed E-state index contributed by atoms with van der Waals surface area (Å²) in [5, 5.41) is 26.7. The average Bonchev–Trinajstić information content (AvgIpc) is 3.14. The Balaban J connectivity index is 1.36. The van der Waals surface area contributed by atoms with Gasteiger partial charge in [0, 0.05) is 23.5 Å². The molecule has 1 saturated carbocycles. The van der Waals surface area contributed by atoms with Crippen LogP contribution in [0.2, 0.25) is 0 Å². The number of aromatic nitrogens is 4. The van der Waals surface area contributed by atoms with Gasteiger partial charge in [0.15, 0.2) is 11.4 Å². The van der Waals surface area contributed by atoms with Crippen LogP contribution in [0.4, 0.5) is 15.3 Å². The highest BCUT2D eigenvalue weighted by atomic mass is 32.1. The van der Waals surface area contributed by atoms with Crippen LogP contribution in [0.15, 0.2) is 35.8 Å². The minimum atomic E-state index is -1.12. The van der Waals surface area contributed by atoms with E-state index in [4.69, 9.17) is 5.73 Å². The molecule has 162 valence electrons. The monoisotopic (exact) mass is 443 g/mol. The van der Waals surface area contributed by atoms with Crippen LogP contribution in [-0.2, 0) is 16.6 Å². The fourth-order valence-corrected chi connectivity index (χ4v) is 4.28. The van der Waals surface area contributed by atoms with E-state index in [9.17, 15) is 14.3 Å². The number of pyridine rings is 1. The Bertz CT molecular complexity index is 1060. The van der Waals surface area contributed by atoms with E-state index < -0.39 is 12.1 Å². The van der Waals surface area contributed by atoms with E-state index in [0.717, 1.165) is 19.3 Å². The smallest absolute Gasteiger partial charge is 0.223 e. The number of thiazole rings is 1. The summed E-state index contributed by atoms with van der Waals surface area (Å²) in [6.07, 6.45) is 3.27. The molecule has 0 aliphatic heterocycles. The lowest BCUT2D eigenvalue weighted by molar-refractivity contribution is -0.117. The molecule has 3 aromatic rings. The molecule has 4 rings (SSSR count). The van der Waals surface area contributed by atoms with Crippen molar-refractivity contribution >= 4 is 28.2 Å². The van der Waals surface area contributed by atoms with Crippen LogP contribution in [0.5, 0.6) is 0 Å². The SMILES string of the molecule is NC(=O)Cc1csc(NC(O)c2ccc(NCC3(c4ncccc4F)CCC3)nn2)n1. The van der Waals surface area contributed by atoms with E-state index in [1.807, 2.05) is 0 Å². The quantitative estimate of drug-likeness (QED) is 0.369. The van der Waals surface area contributed by atoms with E-state index in [0.29, 0.717) is 34.6 Å². The number of carbonyl (C=O) groups excluding carboxylic acids is 1. The lowest BCUT2D eigenvalue weighted by atomic mass is 9.66. The van der Waals surface area contributed by atoms with E-state index >= 15 is 0 Å². The molecule has 1 aliphatic rings. The molecule has 0 bridgehead atoms. The summed E-state index contributed by atoms with van der Waals surface area (Å²) in [5.41, 5.74) is 6.14. The summed E-state index contributed by atoms with van der Waals surface area (Å²) in [5.74, 6) is -0.238. The van der Waals surface area contributed by atoms with Gasteiger partial charge in [0.25, 0.3) is 0 Å². The Kier molecular flexibility index (Phi) is 6.05. The standard InChI is InChI=1S/C20H22FN7O2S/c21-13-3-1-8-23-17(13)20(6-2-7-20)11-24-16-5-4-14(27-28-16)18(30)26-19-25-12(10-31-19)9-15(22)29/h1,3-5,8,10,18,30H,2,6-7,9,11H2,(H2,22,29)(H,24,28)(H,25,26). The predicted octanol–water partition coefficient (Wildman–Crippen LogP) is 2.13. The Morgan fingerprint density at radius 3 is 2.81 bits per heavy atom. The molecule has 3 aromatic heterocycles. The highest BCUT2D eigenvalue weighted by molar-refractivity contribution is 7.13. The Morgan fingerprint density at radius 1 is 1.32 bits per heavy atom. The van der Waals surface area contributed by atoms with E-state index in [1.165, 1.54) is 17.4 Å². The molecule has 5 N–H and O–H groups in total. The van der Waals surface area contributed by atoms with Crippen molar-refractivity contribution in [2.24, 2.45) is 5.73 Å². The second-order valence-electron chi connectivity index (χ2n) is 7.50. The summed E-state index contributed by atoms with van der Waals surface area (Å²) in [6.45, 7) is 0.498. The van der Waals surface area contributed by atoms with Gasteiger partial charge in [-0.25, -0.2) is 9.37 Å². The van der Waals surface area contributed by atoms with Crippen molar-refractivity contribution < 1.29 is 14.3 Å². The molecule has 0 radical (unpaired) electrons. The molecule has 9 nitrogen and oxygen atoms in total. The zero-order valence-corrected chi connectivity index (χ0v) is 17.4. The summed E-state index contributed by atoms with van der Waals surface area (Å²) in [4.78, 5) is 19.4. The number of nitrogens with two attached hydrogens (primary N) is 1. The number of halogens is 1. The molecule has 1 fully saturated rings. The average molecular weight is 444 g/mol. The zero-order chi connectivity index (χ0) is 21.8. The highest BCUT2D eigenvalue weighted by Gasteiger charge is 2.41. The largest absolute Gasteiger partial charge is 0.369 e. The van der Waals surface area contributed by atoms with Crippen LogP contribution >= 0.6 is 11.3 Å². The van der Waals surface area contributed by atoms with Gasteiger partial charge in [-0.15, -0.1) is 21.5 Å². The van der Waals surface area contributed by atoms with Crippen molar-refractivity contribution in [3.05, 3.63) is 58.7 Å². The lowest BCUT2D eigenvalue weighted by Gasteiger charge is -2.41. The van der Waals surface area contributed by atoms with Gasteiger partial charge >= 0.3 is 0 Å². The molecule has 1 unspecified atom stereocenters. The van der Waals surface area contributed by atoms with Gasteiger partial charge in [-0.05, 0) is 37.1 Å². The number of hydrogen-bond donors (Lipinski definition) is 4. The maximum absolute atomic E-state index is 14.2. The van der Waals surface area contributed by atoms with Gasteiger partial charge in [-0.1, -0.05) is 6.42 Å². The molecule has 1 atom stereocenters. The van der Waals surface area contributed by atoms with Gasteiger partial charge in [0.05, 0.1) is 17.8 Å². The minimum Gasteiger partial charge on any atom is -0.369 e. The first-order valence-electron chi connectivity index (χ1n) is 9.81. The predicted molar refractivity (Wildman–Crippen MR) is 114 cm³/mol. The van der Waals surface area contributed by atoms with Gasteiger partial charge < -0.3 is 21.5 Å². The third kappa shape index (κ3) is 4.78. The molecule has 11 heteroatoms. The summed E-state index contributed by atoms with van der Waals surface area (Å²) in [7, 11) is 0. The number of hydrogen-bond acceptors (Lipinski definition) is 9. The van der Waals surface area contributed by atoms with Crippen molar-refractivity contribution in [3.8, 4) is 0 Å². The zero-order valence-electron chi connectivity index (χ0n) is 16.6. The Labute approximate surface area is 182 Å². The van der Waals surface area contributed by atoms with E-state index in [-0.39, 0.29) is 17.7 Å². The minimum absolute atomic E-state index is 0.0400. The number of aliphatic hydroxyl groups is 1. The molecular weight excluding hydrogens is 421 g/mol. The highest BCUT2D eigenvalue weighted by Crippen LogP contribution is 2.43. The number of amides is 1. The van der Waals surface area contributed by atoms with E-state index in [2.05, 4.69) is 30.8 Å². The fourth-order valence-electron chi connectivity index (χ4n) is 3.54. The number of aliphatic hydroxyl groups excluding tert-OH is 1. The molecule has 1 aliphatic carbocycles. The second-order valence-corrected chi connectivity index (χ2v) is 8.36. The van der Waals surface area contributed by atoms with Crippen LogP contribution in [-0.4, -0.2) is 37.7 Å². The number of nitrogens with zero attached hydrogens (tertiary/aromatic N) is 4. The lowest BCUT2D eigenvalue weighted by Crippen LogP contribution is -2.42. The second kappa shape index (κ2) is 8.90. The topological polar surface area (TPSA) is 139 Å². The van der Waals surface area contributed by atoms with Crippen LogP contribution < -0.4 is 16.4 Å². The van der Waals surface area contributed by atoms with Crippen molar-refractivity contribution in [1.82, 2.24) is 20.2 Å². The summed E-state index contributed by atoms with van der Waals surface area (Å²) in [6, 6.07) is 6.37. The van der Waals surface area contributed by atoms with Crippen LogP contribution in [0, 0.1) is 5.82 Å². The first-order chi connectivity index (χ1) is 14.9. The van der Waals surface area contributed by atoms with Crippen molar-refractivity contribution in [2.75, 3.05) is 17.2 Å². The Hall–Kier alpha value is -3.18. The molecule has 1 amide bonds. The maximum Gasteiger partial charge on any atom is 0.223 e. The first-order valence-corrected chi connectivity index (χ1v) is 10.7. The Morgan fingerprint density at radius 2 is 2.16 bits per heavy atom. The maximum atomic E-state index is 14.2. The van der Waals surface area contributed by atoms with Crippen LogP contribution in [0.1, 0.15) is 42.6 Å². The first kappa shape index (κ1) is 21.1. The van der Waals surface area contributed by atoms with Crippen LogP contribution in [0.25, 0.3) is 0 Å². The normalized spacial score (nSPS) is 15.7. The molecule has 31 heavy (non-hydrogen) atoms. The van der Waals surface area contributed by atoms with Gasteiger partial charge in [-0.3, -0.25) is 9.78 Å². The van der Waals surface area contributed by atoms with Gasteiger partial charge in [-0.2, -0.15) is 0 Å². The van der Waals surface area contributed by atoms with Crippen molar-refractivity contribution in [2.45, 2.75) is 37.3 Å². The van der Waals surface area contributed by atoms with Crippen LogP contribution in [0.3, 0.4) is 0 Å². The van der Waals surface area contributed by atoms with Crippen molar-refractivity contribution in [3.63, 3.8) is 0 Å². The summed E-state index contributed by atoms with van der Waals surface area (Å²) < 4.78 is 14.2. The third-order valence-corrected chi connectivity index (χ3v) is 6.13. The van der Waals surface area contributed by atoms with Gasteiger partial charge in [0.1, 0.15) is 17.3 Å². The molecular formula is C20H22FN7O2S. The molecule has 3 heterocycles. The number of nitrogens with one attached hydrogen (secondary N) is 2. The fraction of sp³-hybridized carbons (Fsp3) is 0.350. The number of anilines is 2. The number of rotatable bonds is 9. The number of carbonyl (C=O) groups is 1. The summed E-state index contributed by atoms with van der Waals surface area (Å²) >= 11 is 1.25. The van der Waals surface area contributed by atoms with Crippen molar-refractivity contribution in [1.29, 1.82) is 0 Å². The molecule has 0 aromatic carbocycles. The van der Waals surface area contributed by atoms with Gasteiger partial charge in [0.2, 0.25) is 5.91 Å². The molecule has 0 spiro atoms. The number of primary amides is 1. The van der Waals surface area contributed by atoms with E-state index in [1.54, 1.807) is 29.8 Å². The molecule has 0 saturated heterocycles.